The van der Waals surface area contributed by atoms with Crippen molar-refractivity contribution in [3.05, 3.63) is 48.3 Å². The number of phenolic OH excluding ortho intramolecular Hbond substituents is 1. The summed E-state index contributed by atoms with van der Waals surface area (Å²) < 4.78 is 19.7. The van der Waals surface area contributed by atoms with Crippen molar-refractivity contribution in [2.45, 2.75) is 58.5 Å². The molecule has 0 bridgehead atoms. The van der Waals surface area contributed by atoms with Gasteiger partial charge in [-0.15, -0.1) is 0 Å². The molecule has 1 unspecified atom stereocenters. The molecular formula is C22H29FN2O2. The second-order valence-corrected chi connectivity index (χ2v) is 6.72. The molecule has 0 aliphatic rings. The molecular weight excluding hydrogens is 343 g/mol. The highest BCUT2D eigenvalue weighted by atomic mass is 19.1. The Morgan fingerprint density at radius 1 is 1.19 bits per heavy atom. The molecule has 1 aromatic carbocycles. The minimum absolute atomic E-state index is 0.0996. The molecule has 0 fully saturated rings. The smallest absolute Gasteiger partial charge is 0.151 e. The summed E-state index contributed by atoms with van der Waals surface area (Å²) in [5.41, 5.74) is 0.954. The number of aromatic nitrogens is 2. The first-order chi connectivity index (χ1) is 13.1. The number of allylic oxidation sites excluding steroid dienone is 1. The van der Waals surface area contributed by atoms with Gasteiger partial charge in [-0.1, -0.05) is 25.8 Å². The minimum Gasteiger partial charge on any atom is -0.508 e. The second-order valence-electron chi connectivity index (χ2n) is 6.72. The highest BCUT2D eigenvalue weighted by molar-refractivity contribution is 5.63. The minimum atomic E-state index is -0.493. The van der Waals surface area contributed by atoms with E-state index in [9.17, 15) is 9.50 Å². The summed E-state index contributed by atoms with van der Waals surface area (Å²) in [4.78, 5) is 8.52. The molecule has 0 aliphatic heterocycles. The zero-order chi connectivity index (χ0) is 19.5. The first kappa shape index (κ1) is 21.0. The van der Waals surface area contributed by atoms with E-state index < -0.39 is 5.82 Å². The summed E-state index contributed by atoms with van der Waals surface area (Å²) in [6, 6.07) is 4.04. The zero-order valence-electron chi connectivity index (χ0n) is 16.2. The number of unbranched alkanes of at least 4 members (excludes halogenated alkanes) is 3. The van der Waals surface area contributed by atoms with Gasteiger partial charge in [-0.2, -0.15) is 0 Å². The number of aromatic hydroxyl groups is 1. The summed E-state index contributed by atoms with van der Waals surface area (Å²) in [7, 11) is 0. The van der Waals surface area contributed by atoms with E-state index in [0.717, 1.165) is 38.4 Å². The summed E-state index contributed by atoms with van der Waals surface area (Å²) in [6.45, 7) is 5.17. The quantitative estimate of drug-likeness (QED) is 0.509. The van der Waals surface area contributed by atoms with Gasteiger partial charge in [0.25, 0.3) is 0 Å². The van der Waals surface area contributed by atoms with Crippen LogP contribution in [0.1, 0.15) is 58.2 Å². The standard InChI is InChI=1S/C22H29FN2O2/c1-3-4-8-13-27-17(2)9-6-5-7-10-22-24-15-18(16-25-22)20-12-11-19(26)14-21(20)23/h7,10-12,14-17,26H,3-6,8-9,13H2,1-2H3/b10-7+. The van der Waals surface area contributed by atoms with Crippen molar-refractivity contribution in [1.29, 1.82) is 0 Å². The first-order valence-electron chi connectivity index (χ1n) is 9.69. The number of rotatable bonds is 11. The highest BCUT2D eigenvalue weighted by Gasteiger charge is 2.07. The van der Waals surface area contributed by atoms with Crippen LogP contribution >= 0.6 is 0 Å². The monoisotopic (exact) mass is 372 g/mol. The van der Waals surface area contributed by atoms with Gasteiger partial charge in [0.05, 0.1) is 6.10 Å². The molecule has 4 nitrogen and oxygen atoms in total. The number of benzene rings is 1. The third-order valence-corrected chi connectivity index (χ3v) is 4.33. The van der Waals surface area contributed by atoms with Crippen LogP contribution in [0.15, 0.2) is 36.7 Å². The van der Waals surface area contributed by atoms with Crippen molar-refractivity contribution in [2.75, 3.05) is 6.61 Å². The first-order valence-corrected chi connectivity index (χ1v) is 9.69. The van der Waals surface area contributed by atoms with Crippen molar-refractivity contribution in [1.82, 2.24) is 9.97 Å². The van der Waals surface area contributed by atoms with E-state index in [0.29, 0.717) is 23.1 Å². The molecule has 1 N–H and O–H groups in total. The molecule has 0 aliphatic carbocycles. The number of halogens is 1. The molecule has 1 heterocycles. The lowest BCUT2D eigenvalue weighted by Gasteiger charge is -2.11. The maximum absolute atomic E-state index is 13.9. The van der Waals surface area contributed by atoms with Crippen LogP contribution in [0.4, 0.5) is 4.39 Å². The lowest BCUT2D eigenvalue weighted by atomic mass is 10.1. The van der Waals surface area contributed by atoms with Crippen LogP contribution in [-0.2, 0) is 4.74 Å². The average Bonchev–Trinajstić information content (AvgIpc) is 2.66. The van der Waals surface area contributed by atoms with Crippen molar-refractivity contribution >= 4 is 6.08 Å². The van der Waals surface area contributed by atoms with Gasteiger partial charge in [-0.25, -0.2) is 14.4 Å². The van der Waals surface area contributed by atoms with Crippen LogP contribution in [0, 0.1) is 5.82 Å². The summed E-state index contributed by atoms with van der Waals surface area (Å²) >= 11 is 0. The summed E-state index contributed by atoms with van der Waals surface area (Å²) in [6.07, 6.45) is 14.0. The van der Waals surface area contributed by atoms with Crippen molar-refractivity contribution in [3.63, 3.8) is 0 Å². The van der Waals surface area contributed by atoms with Gasteiger partial charge in [0, 0.05) is 36.2 Å². The lowest BCUT2D eigenvalue weighted by Crippen LogP contribution is -2.08. The molecule has 27 heavy (non-hydrogen) atoms. The molecule has 0 amide bonds. The van der Waals surface area contributed by atoms with Gasteiger partial charge in [0.1, 0.15) is 11.6 Å². The molecule has 0 saturated heterocycles. The molecule has 0 radical (unpaired) electrons. The van der Waals surface area contributed by atoms with Crippen molar-refractivity contribution in [3.8, 4) is 16.9 Å². The van der Waals surface area contributed by atoms with Gasteiger partial charge in [0.15, 0.2) is 5.82 Å². The highest BCUT2D eigenvalue weighted by Crippen LogP contribution is 2.24. The SMILES string of the molecule is CCCCCOC(C)CCC/C=C/c1ncc(-c2ccc(O)cc2F)cn1. The fourth-order valence-corrected chi connectivity index (χ4v) is 2.73. The fourth-order valence-electron chi connectivity index (χ4n) is 2.73. The zero-order valence-corrected chi connectivity index (χ0v) is 16.2. The van der Waals surface area contributed by atoms with Crippen LogP contribution < -0.4 is 0 Å². The molecule has 1 atom stereocenters. The van der Waals surface area contributed by atoms with Gasteiger partial charge < -0.3 is 9.84 Å². The van der Waals surface area contributed by atoms with Gasteiger partial charge in [-0.05, 0) is 50.8 Å². The number of phenols is 1. The Balaban J connectivity index is 1.74. The predicted molar refractivity (Wildman–Crippen MR) is 107 cm³/mol. The Labute approximate surface area is 161 Å². The molecule has 146 valence electrons. The van der Waals surface area contributed by atoms with Crippen molar-refractivity contribution in [2.24, 2.45) is 0 Å². The van der Waals surface area contributed by atoms with Crippen LogP contribution in [0.25, 0.3) is 17.2 Å². The van der Waals surface area contributed by atoms with Crippen LogP contribution in [0.3, 0.4) is 0 Å². The van der Waals surface area contributed by atoms with E-state index in [1.165, 1.54) is 25.0 Å². The number of ether oxygens (including phenoxy) is 1. The summed E-state index contributed by atoms with van der Waals surface area (Å²) in [5, 5.41) is 9.28. The lowest BCUT2D eigenvalue weighted by molar-refractivity contribution is 0.0566. The molecule has 0 spiro atoms. The topological polar surface area (TPSA) is 55.2 Å². The number of hydrogen-bond donors (Lipinski definition) is 1. The van der Waals surface area contributed by atoms with E-state index in [2.05, 4.69) is 29.9 Å². The van der Waals surface area contributed by atoms with E-state index in [-0.39, 0.29) is 5.75 Å². The molecule has 0 saturated carbocycles. The van der Waals surface area contributed by atoms with Gasteiger partial charge >= 0.3 is 0 Å². The Bertz CT molecular complexity index is 717. The third kappa shape index (κ3) is 7.47. The Morgan fingerprint density at radius 3 is 2.67 bits per heavy atom. The Kier molecular flexibility index (Phi) is 8.92. The van der Waals surface area contributed by atoms with E-state index in [4.69, 9.17) is 4.74 Å². The van der Waals surface area contributed by atoms with E-state index in [1.807, 2.05) is 6.08 Å². The summed E-state index contributed by atoms with van der Waals surface area (Å²) in [5.74, 6) is 0.00660. The van der Waals surface area contributed by atoms with Crippen LogP contribution in [0.2, 0.25) is 0 Å². The predicted octanol–water partition coefficient (Wildman–Crippen LogP) is 5.77. The maximum atomic E-state index is 13.9. The normalized spacial score (nSPS) is 12.6. The Hall–Kier alpha value is -2.27. The Morgan fingerprint density at radius 2 is 1.96 bits per heavy atom. The fraction of sp³-hybridized carbons (Fsp3) is 0.455. The average molecular weight is 372 g/mol. The van der Waals surface area contributed by atoms with Crippen LogP contribution in [0.5, 0.6) is 5.75 Å². The largest absolute Gasteiger partial charge is 0.508 e. The van der Waals surface area contributed by atoms with E-state index in [1.54, 1.807) is 12.4 Å². The second kappa shape index (κ2) is 11.4. The third-order valence-electron chi connectivity index (χ3n) is 4.33. The maximum Gasteiger partial charge on any atom is 0.151 e. The van der Waals surface area contributed by atoms with Gasteiger partial charge in [0.2, 0.25) is 0 Å². The van der Waals surface area contributed by atoms with E-state index >= 15 is 0 Å². The van der Waals surface area contributed by atoms with Gasteiger partial charge in [-0.3, -0.25) is 0 Å². The molecule has 1 aromatic heterocycles. The van der Waals surface area contributed by atoms with Crippen LogP contribution in [-0.4, -0.2) is 27.8 Å². The number of hydrogen-bond acceptors (Lipinski definition) is 4. The van der Waals surface area contributed by atoms with Crippen molar-refractivity contribution < 1.29 is 14.2 Å². The molecule has 5 heteroatoms. The number of nitrogens with zero attached hydrogens (tertiary/aromatic N) is 2. The molecule has 2 aromatic rings. The molecule has 2 rings (SSSR count).